The van der Waals surface area contributed by atoms with Gasteiger partial charge in [-0.1, -0.05) is 0 Å². The maximum absolute atomic E-state index is 13.9. The number of halogens is 12. The van der Waals surface area contributed by atoms with Crippen LogP contribution in [0.4, 0.5) is 75.7 Å². The van der Waals surface area contributed by atoms with E-state index in [1.54, 1.807) is 0 Å². The van der Waals surface area contributed by atoms with Gasteiger partial charge >= 0.3 is 24.7 Å². The van der Waals surface area contributed by atoms with E-state index < -0.39 is 69.3 Å². The lowest BCUT2D eigenvalue weighted by Crippen LogP contribution is -2.31. The molecule has 0 N–H and O–H groups in total. The number of hydrogen-bond acceptors (Lipinski definition) is 6. The molecule has 1 aliphatic heterocycles. The van der Waals surface area contributed by atoms with Crippen molar-refractivity contribution < 1.29 is 52.7 Å². The van der Waals surface area contributed by atoms with Crippen molar-refractivity contribution in [3.05, 3.63) is 46.8 Å². The van der Waals surface area contributed by atoms with Gasteiger partial charge in [-0.3, -0.25) is 0 Å². The number of anilines is 4. The van der Waals surface area contributed by atoms with Gasteiger partial charge in [0.05, 0.1) is 33.5 Å². The van der Waals surface area contributed by atoms with Crippen molar-refractivity contribution in [2.75, 3.05) is 22.9 Å². The minimum Gasteiger partial charge on any atom is -0.322 e. The summed E-state index contributed by atoms with van der Waals surface area (Å²) in [7, 11) is 0. The van der Waals surface area contributed by atoms with Crippen molar-refractivity contribution in [3.63, 3.8) is 0 Å². The highest BCUT2D eigenvalue weighted by atomic mass is 19.4. The molecule has 0 aliphatic carbocycles. The van der Waals surface area contributed by atoms with E-state index in [0.717, 1.165) is 21.9 Å². The Morgan fingerprint density at radius 3 is 1.10 bits per heavy atom. The summed E-state index contributed by atoms with van der Waals surface area (Å²) in [6.07, 6.45) is -21.1. The third kappa shape index (κ3) is 4.75. The Hall–Kier alpha value is -4.12. The third-order valence-corrected chi connectivity index (χ3v) is 6.40. The van der Waals surface area contributed by atoms with Crippen molar-refractivity contribution in [2.45, 2.75) is 38.6 Å². The van der Waals surface area contributed by atoms with Crippen LogP contribution in [-0.4, -0.2) is 33.0 Å². The summed E-state index contributed by atoms with van der Waals surface area (Å²) in [5.74, 6) is -0.536. The molecule has 18 heteroatoms. The highest BCUT2D eigenvalue weighted by Gasteiger charge is 2.43. The predicted octanol–water partition coefficient (Wildman–Crippen LogP) is 8.28. The maximum Gasteiger partial charge on any atom is 0.433 e. The second-order valence-electron chi connectivity index (χ2n) is 8.99. The molecule has 5 heterocycles. The monoisotopic (exact) mass is 614 g/mol. The molecule has 0 amide bonds. The molecule has 0 saturated heterocycles. The van der Waals surface area contributed by atoms with Gasteiger partial charge in [0.15, 0.2) is 11.6 Å². The van der Waals surface area contributed by atoms with Crippen LogP contribution >= 0.6 is 0 Å². The van der Waals surface area contributed by atoms with Crippen LogP contribution in [-0.2, 0) is 24.7 Å². The van der Waals surface area contributed by atoms with E-state index in [1.165, 1.54) is 13.8 Å². The lowest BCUT2D eigenvalue weighted by molar-refractivity contribution is -0.146. The number of alkyl halides is 12. The van der Waals surface area contributed by atoms with Gasteiger partial charge in [0, 0.05) is 13.1 Å². The minimum atomic E-state index is -5.29. The van der Waals surface area contributed by atoms with Gasteiger partial charge in [0.1, 0.15) is 22.4 Å². The quantitative estimate of drug-likeness (QED) is 0.212. The topological polar surface area (TPSA) is 58.0 Å². The Morgan fingerprint density at radius 1 is 0.500 bits per heavy atom. The van der Waals surface area contributed by atoms with Gasteiger partial charge in [0.25, 0.3) is 0 Å². The number of nitrogens with zero attached hydrogens (tertiary/aromatic N) is 6. The van der Waals surface area contributed by atoms with Gasteiger partial charge in [-0.25, -0.2) is 19.9 Å². The Morgan fingerprint density at radius 2 is 0.833 bits per heavy atom. The summed E-state index contributed by atoms with van der Waals surface area (Å²) in [6, 6.07) is 1.36. The van der Waals surface area contributed by atoms with Crippen LogP contribution < -0.4 is 9.80 Å². The SMILES string of the molecule is CCN1c2cc3nc(C(F)(F)F)cc(C(F)(F)F)c3nc2N(CC)c2cc3nc(C(F)(F)F)cc(C(F)(F)F)c3nc21. The van der Waals surface area contributed by atoms with Gasteiger partial charge in [-0.05, 0) is 38.1 Å². The number of hydrogen-bond donors (Lipinski definition) is 0. The van der Waals surface area contributed by atoms with Crippen LogP contribution in [0.5, 0.6) is 0 Å². The van der Waals surface area contributed by atoms with Gasteiger partial charge in [-0.2, -0.15) is 52.7 Å². The molecule has 224 valence electrons. The van der Waals surface area contributed by atoms with Gasteiger partial charge < -0.3 is 9.80 Å². The van der Waals surface area contributed by atoms with Crippen molar-refractivity contribution in [1.29, 1.82) is 0 Å². The normalized spacial score (nSPS) is 14.5. The summed E-state index contributed by atoms with van der Waals surface area (Å²) in [6.45, 7) is 2.65. The van der Waals surface area contributed by atoms with Crippen LogP contribution in [0.2, 0.25) is 0 Å². The van der Waals surface area contributed by atoms with Crippen LogP contribution in [0.3, 0.4) is 0 Å². The Balaban J connectivity index is 1.86. The first-order valence-corrected chi connectivity index (χ1v) is 11.8. The van der Waals surface area contributed by atoms with Crippen molar-refractivity contribution in [2.24, 2.45) is 0 Å². The average Bonchev–Trinajstić information content (AvgIpc) is 2.86. The predicted molar refractivity (Wildman–Crippen MR) is 124 cm³/mol. The van der Waals surface area contributed by atoms with Crippen molar-refractivity contribution in [1.82, 2.24) is 19.9 Å². The van der Waals surface area contributed by atoms with Crippen molar-refractivity contribution >= 4 is 45.1 Å². The minimum absolute atomic E-state index is 0.135. The smallest absolute Gasteiger partial charge is 0.322 e. The van der Waals surface area contributed by atoms with Crippen LogP contribution in [0.1, 0.15) is 36.4 Å². The summed E-state index contributed by atoms with van der Waals surface area (Å²) in [4.78, 5) is 16.9. The van der Waals surface area contributed by atoms with Gasteiger partial charge in [-0.15, -0.1) is 0 Å². The number of rotatable bonds is 2. The fraction of sp³-hybridized carbons (Fsp3) is 0.333. The molecule has 0 spiro atoms. The summed E-state index contributed by atoms with van der Waals surface area (Å²) in [5, 5.41) is 0. The van der Waals surface area contributed by atoms with E-state index >= 15 is 0 Å². The second kappa shape index (κ2) is 9.19. The molecule has 0 atom stereocenters. The molecule has 5 rings (SSSR count). The van der Waals surface area contributed by atoms with Crippen LogP contribution in [0, 0.1) is 0 Å². The fourth-order valence-electron chi connectivity index (χ4n) is 4.65. The molecular formula is C24H14F12N6. The van der Waals surface area contributed by atoms with E-state index in [4.69, 9.17) is 0 Å². The first-order chi connectivity index (χ1) is 19.3. The van der Waals surface area contributed by atoms with E-state index in [2.05, 4.69) is 19.9 Å². The van der Waals surface area contributed by atoms with Gasteiger partial charge in [0.2, 0.25) is 0 Å². The summed E-state index contributed by atoms with van der Waals surface area (Å²) < 4.78 is 164. The highest BCUT2D eigenvalue weighted by molar-refractivity contribution is 5.99. The zero-order valence-corrected chi connectivity index (χ0v) is 20.9. The molecule has 0 bridgehead atoms. The largest absolute Gasteiger partial charge is 0.433 e. The third-order valence-electron chi connectivity index (χ3n) is 6.40. The molecular weight excluding hydrogens is 600 g/mol. The molecule has 0 aromatic carbocycles. The zero-order valence-electron chi connectivity index (χ0n) is 20.9. The molecule has 6 nitrogen and oxygen atoms in total. The molecule has 1 aliphatic rings. The first-order valence-electron chi connectivity index (χ1n) is 11.8. The molecule has 0 saturated carbocycles. The average molecular weight is 614 g/mol. The second-order valence-corrected chi connectivity index (χ2v) is 8.99. The van der Waals surface area contributed by atoms with E-state index in [0.29, 0.717) is 0 Å². The zero-order chi connectivity index (χ0) is 31.2. The van der Waals surface area contributed by atoms with Crippen LogP contribution in [0.25, 0.3) is 22.1 Å². The standard InChI is InChI=1S/C24H14F12N6/c1-3-41-13-7-11-18(10(22(28,29)30)6-15(37-11)23(31,32)33)40-20(13)42(4-2)14-8-12-17(39-19(14)41)9(21(25,26)27)5-16(38-12)24(34,35)36/h5-8H,3-4H2,1-2H3. The van der Waals surface area contributed by atoms with E-state index in [9.17, 15) is 52.7 Å². The molecule has 0 radical (unpaired) electrons. The summed E-state index contributed by atoms with van der Waals surface area (Å²) >= 11 is 0. The summed E-state index contributed by atoms with van der Waals surface area (Å²) in [5.41, 5.74) is -11.0. The molecule has 0 fully saturated rings. The Bertz CT molecular complexity index is 1600. The van der Waals surface area contributed by atoms with E-state index in [-0.39, 0.29) is 48.2 Å². The lowest BCUT2D eigenvalue weighted by atomic mass is 10.1. The first kappa shape index (κ1) is 29.4. The maximum atomic E-state index is 13.9. The number of fused-ring (bicyclic) bond motifs is 4. The molecule has 4 aromatic heterocycles. The highest BCUT2D eigenvalue weighted by Crippen LogP contribution is 2.50. The molecule has 0 unspecified atom stereocenters. The number of pyridine rings is 4. The molecule has 4 aromatic rings. The Kier molecular flexibility index (Phi) is 6.43. The fourth-order valence-corrected chi connectivity index (χ4v) is 4.65. The van der Waals surface area contributed by atoms with E-state index in [1.807, 2.05) is 0 Å². The van der Waals surface area contributed by atoms with Crippen molar-refractivity contribution in [3.8, 4) is 0 Å². The Labute approximate surface area is 226 Å². The molecule has 42 heavy (non-hydrogen) atoms. The van der Waals surface area contributed by atoms with Crippen LogP contribution in [0.15, 0.2) is 24.3 Å². The lowest BCUT2D eigenvalue weighted by Gasteiger charge is -2.38. The number of aromatic nitrogens is 4.